The first-order valence-corrected chi connectivity index (χ1v) is 4.84. The van der Waals surface area contributed by atoms with Gasteiger partial charge in [-0.2, -0.15) is 15.0 Å². The fourth-order valence-electron chi connectivity index (χ4n) is 1.39. The topological polar surface area (TPSA) is 30.7 Å². The zero-order valence-electron chi connectivity index (χ0n) is 8.68. The molecule has 1 aromatic carbocycles. The molecule has 0 fully saturated rings. The second-order valence-electron chi connectivity index (χ2n) is 3.72. The van der Waals surface area contributed by atoms with E-state index in [1.165, 1.54) is 16.9 Å². The quantitative estimate of drug-likeness (QED) is 0.754. The average molecular weight is 205 g/mol. The summed E-state index contributed by atoms with van der Waals surface area (Å²) in [4.78, 5) is 1.41. The Hall–Kier alpha value is -1.71. The van der Waals surface area contributed by atoms with E-state index in [-0.39, 0.29) is 11.7 Å². The summed E-state index contributed by atoms with van der Waals surface area (Å²) in [7, 11) is 0. The molecule has 3 nitrogen and oxygen atoms in total. The van der Waals surface area contributed by atoms with Crippen molar-refractivity contribution < 1.29 is 4.39 Å². The fourth-order valence-corrected chi connectivity index (χ4v) is 1.39. The third kappa shape index (κ3) is 2.03. The van der Waals surface area contributed by atoms with Crippen LogP contribution in [0.1, 0.15) is 25.3 Å². The van der Waals surface area contributed by atoms with Crippen molar-refractivity contribution in [1.82, 2.24) is 15.0 Å². The molecular formula is C11H12FN3. The van der Waals surface area contributed by atoms with E-state index in [4.69, 9.17) is 0 Å². The lowest BCUT2D eigenvalue weighted by Gasteiger charge is -2.07. The fraction of sp³-hybridized carbons (Fsp3) is 0.273. The van der Waals surface area contributed by atoms with Crippen LogP contribution < -0.4 is 0 Å². The Kier molecular flexibility index (Phi) is 2.49. The summed E-state index contributed by atoms with van der Waals surface area (Å²) >= 11 is 0. The number of nitrogens with zero attached hydrogens (tertiary/aromatic N) is 3. The summed E-state index contributed by atoms with van der Waals surface area (Å²) in [6.45, 7) is 4.05. The molecule has 0 bridgehead atoms. The molecule has 2 rings (SSSR count). The average Bonchev–Trinajstić information content (AvgIpc) is 2.69. The molecule has 2 aromatic rings. The van der Waals surface area contributed by atoms with E-state index in [9.17, 15) is 4.39 Å². The molecular weight excluding hydrogens is 193 g/mol. The van der Waals surface area contributed by atoms with Crippen LogP contribution in [0, 0.1) is 5.82 Å². The van der Waals surface area contributed by atoms with E-state index in [2.05, 4.69) is 10.2 Å². The second-order valence-corrected chi connectivity index (χ2v) is 3.72. The first-order valence-electron chi connectivity index (χ1n) is 4.84. The Morgan fingerprint density at radius 2 is 1.80 bits per heavy atom. The zero-order valence-corrected chi connectivity index (χ0v) is 8.68. The summed E-state index contributed by atoms with van der Waals surface area (Å²) in [5.41, 5.74) is 1.60. The molecule has 0 radical (unpaired) electrons. The summed E-state index contributed by atoms with van der Waals surface area (Å²) < 4.78 is 13.3. The van der Waals surface area contributed by atoms with Crippen LogP contribution in [0.2, 0.25) is 0 Å². The van der Waals surface area contributed by atoms with Gasteiger partial charge in [0.25, 0.3) is 0 Å². The van der Waals surface area contributed by atoms with Gasteiger partial charge in [-0.3, -0.25) is 0 Å². The van der Waals surface area contributed by atoms with Gasteiger partial charge in [-0.05, 0) is 23.6 Å². The predicted molar refractivity (Wildman–Crippen MR) is 55.4 cm³/mol. The Bertz CT molecular complexity index is 449. The minimum Gasteiger partial charge on any atom is -0.207 e. The number of hydrogen-bond donors (Lipinski definition) is 0. The Morgan fingerprint density at radius 3 is 2.40 bits per heavy atom. The first kappa shape index (κ1) is 9.83. The monoisotopic (exact) mass is 205 g/mol. The lowest BCUT2D eigenvalue weighted by molar-refractivity contribution is 0.617. The highest BCUT2D eigenvalue weighted by Gasteiger charge is 2.06. The van der Waals surface area contributed by atoms with Crippen LogP contribution in [0.25, 0.3) is 5.69 Å². The largest absolute Gasteiger partial charge is 0.207 e. The van der Waals surface area contributed by atoms with Gasteiger partial charge in [0.2, 0.25) is 0 Å². The van der Waals surface area contributed by atoms with Gasteiger partial charge in [0.05, 0.1) is 18.1 Å². The summed E-state index contributed by atoms with van der Waals surface area (Å²) in [6, 6.07) is 4.86. The van der Waals surface area contributed by atoms with Crippen molar-refractivity contribution in [3.63, 3.8) is 0 Å². The van der Waals surface area contributed by atoms with Crippen LogP contribution in [0.3, 0.4) is 0 Å². The van der Waals surface area contributed by atoms with Crippen molar-refractivity contribution >= 4 is 0 Å². The second kappa shape index (κ2) is 3.81. The van der Waals surface area contributed by atoms with Crippen molar-refractivity contribution in [2.75, 3.05) is 0 Å². The van der Waals surface area contributed by atoms with Crippen molar-refractivity contribution in [3.05, 3.63) is 42.0 Å². The van der Waals surface area contributed by atoms with E-state index in [0.29, 0.717) is 5.69 Å². The zero-order chi connectivity index (χ0) is 10.8. The maximum Gasteiger partial charge on any atom is 0.125 e. The standard InChI is InChI=1S/C11H12FN3/c1-8(2)9-5-10(12)7-11(6-9)15-13-3-4-14-15/h3-8H,1-2H3. The van der Waals surface area contributed by atoms with Gasteiger partial charge in [0, 0.05) is 6.07 Å². The normalized spacial score (nSPS) is 10.9. The molecule has 15 heavy (non-hydrogen) atoms. The molecule has 0 aliphatic rings. The highest BCUT2D eigenvalue weighted by Crippen LogP contribution is 2.19. The van der Waals surface area contributed by atoms with Crippen molar-refractivity contribution in [3.8, 4) is 5.69 Å². The molecule has 4 heteroatoms. The number of aromatic nitrogens is 3. The van der Waals surface area contributed by atoms with E-state index in [0.717, 1.165) is 5.56 Å². The highest BCUT2D eigenvalue weighted by molar-refractivity contribution is 5.36. The van der Waals surface area contributed by atoms with Crippen molar-refractivity contribution in [2.45, 2.75) is 19.8 Å². The molecule has 0 spiro atoms. The molecule has 0 unspecified atom stereocenters. The third-order valence-corrected chi connectivity index (χ3v) is 2.22. The molecule has 0 aliphatic heterocycles. The number of rotatable bonds is 2. The van der Waals surface area contributed by atoms with E-state index >= 15 is 0 Å². The molecule has 1 heterocycles. The molecule has 0 amide bonds. The van der Waals surface area contributed by atoms with E-state index in [1.807, 2.05) is 19.9 Å². The van der Waals surface area contributed by atoms with Crippen LogP contribution in [0.15, 0.2) is 30.6 Å². The van der Waals surface area contributed by atoms with Gasteiger partial charge < -0.3 is 0 Å². The lowest BCUT2D eigenvalue weighted by atomic mass is 10.0. The number of hydrogen-bond acceptors (Lipinski definition) is 2. The lowest BCUT2D eigenvalue weighted by Crippen LogP contribution is -2.01. The Balaban J connectivity index is 2.49. The summed E-state index contributed by atoms with van der Waals surface area (Å²) in [6.07, 6.45) is 3.14. The van der Waals surface area contributed by atoms with Crippen LogP contribution >= 0.6 is 0 Å². The van der Waals surface area contributed by atoms with Crippen LogP contribution in [0.5, 0.6) is 0 Å². The number of halogens is 1. The molecule has 0 atom stereocenters. The molecule has 0 saturated carbocycles. The summed E-state index contributed by atoms with van der Waals surface area (Å²) in [5.74, 6) is 0.0310. The van der Waals surface area contributed by atoms with Gasteiger partial charge in [0.15, 0.2) is 0 Å². The van der Waals surface area contributed by atoms with E-state index in [1.54, 1.807) is 12.4 Å². The van der Waals surface area contributed by atoms with Crippen molar-refractivity contribution in [2.24, 2.45) is 0 Å². The predicted octanol–water partition coefficient (Wildman–Crippen LogP) is 2.53. The molecule has 78 valence electrons. The minimum absolute atomic E-state index is 0.256. The SMILES string of the molecule is CC(C)c1cc(F)cc(-n2nccn2)c1. The van der Waals surface area contributed by atoms with Gasteiger partial charge >= 0.3 is 0 Å². The van der Waals surface area contributed by atoms with E-state index < -0.39 is 0 Å². The Morgan fingerprint density at radius 1 is 1.13 bits per heavy atom. The number of benzene rings is 1. The van der Waals surface area contributed by atoms with Crippen molar-refractivity contribution in [1.29, 1.82) is 0 Å². The molecule has 0 aliphatic carbocycles. The maximum atomic E-state index is 13.3. The van der Waals surface area contributed by atoms with Gasteiger partial charge in [-0.15, -0.1) is 0 Å². The minimum atomic E-state index is -0.256. The van der Waals surface area contributed by atoms with Gasteiger partial charge in [-0.25, -0.2) is 4.39 Å². The van der Waals surface area contributed by atoms with Gasteiger partial charge in [0.1, 0.15) is 5.82 Å². The first-order chi connectivity index (χ1) is 7.16. The van der Waals surface area contributed by atoms with Crippen LogP contribution in [-0.2, 0) is 0 Å². The maximum absolute atomic E-state index is 13.3. The third-order valence-electron chi connectivity index (χ3n) is 2.22. The smallest absolute Gasteiger partial charge is 0.125 e. The van der Waals surface area contributed by atoms with Crippen LogP contribution in [-0.4, -0.2) is 15.0 Å². The Labute approximate surface area is 87.5 Å². The van der Waals surface area contributed by atoms with Crippen LogP contribution in [0.4, 0.5) is 4.39 Å². The molecule has 0 saturated heterocycles. The molecule has 0 N–H and O–H groups in total. The molecule has 1 aromatic heterocycles. The summed E-state index contributed by atoms with van der Waals surface area (Å²) in [5, 5.41) is 7.93. The highest BCUT2D eigenvalue weighted by atomic mass is 19.1. The van der Waals surface area contributed by atoms with Gasteiger partial charge in [-0.1, -0.05) is 13.8 Å².